The molecule has 3 nitrogen and oxygen atoms in total. The SMILES string of the molecule is CCCC(C)COCc1ccnc(NCC)c1. The van der Waals surface area contributed by atoms with Gasteiger partial charge in [0, 0.05) is 19.3 Å². The molecule has 0 aliphatic carbocycles. The van der Waals surface area contributed by atoms with E-state index in [2.05, 4.69) is 31.1 Å². The lowest BCUT2D eigenvalue weighted by Crippen LogP contribution is -2.06. The largest absolute Gasteiger partial charge is 0.376 e. The third-order valence-corrected chi connectivity index (χ3v) is 2.63. The van der Waals surface area contributed by atoms with E-state index >= 15 is 0 Å². The van der Waals surface area contributed by atoms with Crippen molar-refractivity contribution in [1.82, 2.24) is 4.98 Å². The molecule has 1 unspecified atom stereocenters. The molecular weight excluding hydrogens is 212 g/mol. The van der Waals surface area contributed by atoms with Crippen molar-refractivity contribution >= 4 is 5.82 Å². The van der Waals surface area contributed by atoms with Gasteiger partial charge in [0.25, 0.3) is 0 Å². The predicted molar refractivity (Wildman–Crippen MR) is 72.1 cm³/mol. The molecule has 1 rings (SSSR count). The molecule has 1 N–H and O–H groups in total. The molecule has 1 atom stereocenters. The van der Waals surface area contributed by atoms with Crippen molar-refractivity contribution in [1.29, 1.82) is 0 Å². The normalized spacial score (nSPS) is 12.4. The smallest absolute Gasteiger partial charge is 0.126 e. The van der Waals surface area contributed by atoms with Crippen LogP contribution in [-0.4, -0.2) is 18.1 Å². The highest BCUT2D eigenvalue weighted by molar-refractivity contribution is 5.36. The van der Waals surface area contributed by atoms with E-state index in [0.29, 0.717) is 12.5 Å². The molecule has 96 valence electrons. The minimum absolute atomic E-state index is 0.648. The Morgan fingerprint density at radius 2 is 2.24 bits per heavy atom. The Hall–Kier alpha value is -1.09. The molecule has 0 saturated heterocycles. The Balaban J connectivity index is 2.33. The van der Waals surface area contributed by atoms with Gasteiger partial charge < -0.3 is 10.1 Å². The van der Waals surface area contributed by atoms with Gasteiger partial charge in [-0.05, 0) is 37.0 Å². The first-order chi connectivity index (χ1) is 8.26. The van der Waals surface area contributed by atoms with Gasteiger partial charge in [0.1, 0.15) is 5.82 Å². The lowest BCUT2D eigenvalue weighted by Gasteiger charge is -2.11. The maximum atomic E-state index is 5.71. The van der Waals surface area contributed by atoms with Gasteiger partial charge in [0.05, 0.1) is 6.61 Å². The van der Waals surface area contributed by atoms with E-state index in [1.54, 1.807) is 0 Å². The van der Waals surface area contributed by atoms with Crippen molar-refractivity contribution in [3.63, 3.8) is 0 Å². The van der Waals surface area contributed by atoms with Crippen LogP contribution in [0.1, 0.15) is 39.2 Å². The third kappa shape index (κ3) is 5.68. The zero-order chi connectivity index (χ0) is 12.5. The Morgan fingerprint density at radius 3 is 2.94 bits per heavy atom. The number of rotatable bonds is 8. The van der Waals surface area contributed by atoms with E-state index in [4.69, 9.17) is 4.74 Å². The van der Waals surface area contributed by atoms with Crippen molar-refractivity contribution in [2.75, 3.05) is 18.5 Å². The molecule has 3 heteroatoms. The Morgan fingerprint density at radius 1 is 1.41 bits per heavy atom. The fraction of sp³-hybridized carbons (Fsp3) is 0.643. The zero-order valence-corrected chi connectivity index (χ0v) is 11.2. The highest BCUT2D eigenvalue weighted by Gasteiger charge is 2.01. The van der Waals surface area contributed by atoms with Gasteiger partial charge in [-0.1, -0.05) is 20.3 Å². The number of anilines is 1. The fourth-order valence-electron chi connectivity index (χ4n) is 1.80. The lowest BCUT2D eigenvalue weighted by molar-refractivity contribution is 0.0893. The van der Waals surface area contributed by atoms with Gasteiger partial charge in [0.15, 0.2) is 0 Å². The quantitative estimate of drug-likeness (QED) is 0.750. The predicted octanol–water partition coefficient (Wildman–Crippen LogP) is 3.47. The van der Waals surface area contributed by atoms with E-state index < -0.39 is 0 Å². The molecule has 0 spiro atoms. The number of nitrogens with zero attached hydrogens (tertiary/aromatic N) is 1. The average Bonchev–Trinajstić information content (AvgIpc) is 2.30. The Kier molecular flexibility index (Phi) is 6.63. The second kappa shape index (κ2) is 8.07. The van der Waals surface area contributed by atoms with Crippen molar-refractivity contribution in [2.24, 2.45) is 5.92 Å². The molecule has 0 aromatic carbocycles. The first kappa shape index (κ1) is 14.0. The molecular formula is C14H24N2O. The first-order valence-corrected chi connectivity index (χ1v) is 6.52. The second-order valence-electron chi connectivity index (χ2n) is 4.49. The fourth-order valence-corrected chi connectivity index (χ4v) is 1.80. The van der Waals surface area contributed by atoms with Crippen LogP contribution in [0.25, 0.3) is 0 Å². The van der Waals surface area contributed by atoms with E-state index in [1.165, 1.54) is 18.4 Å². The van der Waals surface area contributed by atoms with Gasteiger partial charge in [-0.3, -0.25) is 0 Å². The summed E-state index contributed by atoms with van der Waals surface area (Å²) >= 11 is 0. The summed E-state index contributed by atoms with van der Waals surface area (Å²) in [7, 11) is 0. The number of hydrogen-bond acceptors (Lipinski definition) is 3. The summed E-state index contributed by atoms with van der Waals surface area (Å²) in [6, 6.07) is 4.05. The zero-order valence-electron chi connectivity index (χ0n) is 11.2. The first-order valence-electron chi connectivity index (χ1n) is 6.52. The molecule has 1 aromatic heterocycles. The summed E-state index contributed by atoms with van der Waals surface area (Å²) in [5.41, 5.74) is 1.18. The van der Waals surface area contributed by atoms with Gasteiger partial charge in [-0.25, -0.2) is 4.98 Å². The van der Waals surface area contributed by atoms with Crippen LogP contribution in [0.4, 0.5) is 5.82 Å². The van der Waals surface area contributed by atoms with Crippen LogP contribution >= 0.6 is 0 Å². The van der Waals surface area contributed by atoms with Crippen molar-refractivity contribution in [3.05, 3.63) is 23.9 Å². The van der Waals surface area contributed by atoms with Gasteiger partial charge >= 0.3 is 0 Å². The molecule has 0 saturated carbocycles. The second-order valence-corrected chi connectivity index (χ2v) is 4.49. The van der Waals surface area contributed by atoms with Crippen LogP contribution in [-0.2, 0) is 11.3 Å². The summed E-state index contributed by atoms with van der Waals surface area (Å²) in [5, 5.41) is 3.20. The van der Waals surface area contributed by atoms with E-state index in [1.807, 2.05) is 18.3 Å². The number of nitrogens with one attached hydrogen (secondary N) is 1. The summed E-state index contributed by atoms with van der Waals surface area (Å²) < 4.78 is 5.71. The molecule has 1 aromatic rings. The monoisotopic (exact) mass is 236 g/mol. The van der Waals surface area contributed by atoms with E-state index in [-0.39, 0.29) is 0 Å². The number of ether oxygens (including phenoxy) is 1. The third-order valence-electron chi connectivity index (χ3n) is 2.63. The molecule has 0 radical (unpaired) electrons. The maximum Gasteiger partial charge on any atom is 0.126 e. The summed E-state index contributed by atoms with van der Waals surface area (Å²) in [6.45, 7) is 8.92. The Labute approximate surface area is 105 Å². The lowest BCUT2D eigenvalue weighted by atomic mass is 10.1. The number of pyridine rings is 1. The van der Waals surface area contributed by atoms with Crippen LogP contribution < -0.4 is 5.32 Å². The topological polar surface area (TPSA) is 34.1 Å². The van der Waals surface area contributed by atoms with Crippen molar-refractivity contribution in [3.8, 4) is 0 Å². The van der Waals surface area contributed by atoms with Gasteiger partial charge in [-0.15, -0.1) is 0 Å². The summed E-state index contributed by atoms with van der Waals surface area (Å²) in [5.74, 6) is 1.57. The van der Waals surface area contributed by atoms with Crippen LogP contribution in [0.15, 0.2) is 18.3 Å². The van der Waals surface area contributed by atoms with Crippen molar-refractivity contribution < 1.29 is 4.74 Å². The average molecular weight is 236 g/mol. The van der Waals surface area contributed by atoms with E-state index in [9.17, 15) is 0 Å². The minimum atomic E-state index is 0.648. The molecule has 0 aliphatic rings. The van der Waals surface area contributed by atoms with Crippen LogP contribution in [0, 0.1) is 5.92 Å². The van der Waals surface area contributed by atoms with Crippen LogP contribution in [0.5, 0.6) is 0 Å². The highest BCUT2D eigenvalue weighted by atomic mass is 16.5. The van der Waals surface area contributed by atoms with Gasteiger partial charge in [-0.2, -0.15) is 0 Å². The standard InChI is InChI=1S/C14H24N2O/c1-4-6-12(3)10-17-11-13-7-8-16-14(9-13)15-5-2/h7-9,12H,4-6,10-11H2,1-3H3,(H,15,16). The number of aromatic nitrogens is 1. The molecule has 0 fully saturated rings. The summed E-state index contributed by atoms with van der Waals surface area (Å²) in [6.07, 6.45) is 4.29. The van der Waals surface area contributed by atoms with Gasteiger partial charge in [0.2, 0.25) is 0 Å². The van der Waals surface area contributed by atoms with Crippen LogP contribution in [0.2, 0.25) is 0 Å². The highest BCUT2D eigenvalue weighted by Crippen LogP contribution is 2.10. The maximum absolute atomic E-state index is 5.71. The number of hydrogen-bond donors (Lipinski definition) is 1. The molecule has 0 aliphatic heterocycles. The van der Waals surface area contributed by atoms with Crippen LogP contribution in [0.3, 0.4) is 0 Å². The Bertz CT molecular complexity index is 315. The van der Waals surface area contributed by atoms with Crippen molar-refractivity contribution in [2.45, 2.75) is 40.2 Å². The van der Waals surface area contributed by atoms with E-state index in [0.717, 1.165) is 19.0 Å². The molecule has 17 heavy (non-hydrogen) atoms. The summed E-state index contributed by atoms with van der Waals surface area (Å²) in [4.78, 5) is 4.24. The molecule has 1 heterocycles. The molecule has 0 bridgehead atoms. The molecule has 0 amide bonds. The minimum Gasteiger partial charge on any atom is -0.376 e.